The Morgan fingerprint density at radius 3 is 2.38 bits per heavy atom. The summed E-state index contributed by atoms with van der Waals surface area (Å²) in [5, 5.41) is 0. The Morgan fingerprint density at radius 2 is 1.83 bits per heavy atom. The van der Waals surface area contributed by atoms with E-state index in [2.05, 4.69) is 11.9 Å². The van der Waals surface area contributed by atoms with Crippen molar-refractivity contribution in [3.63, 3.8) is 0 Å². The third kappa shape index (κ3) is 3.79. The van der Waals surface area contributed by atoms with Gasteiger partial charge in [-0.3, -0.25) is 4.79 Å². The Hall–Kier alpha value is -2.27. The minimum atomic E-state index is -0.632. The highest BCUT2D eigenvalue weighted by atomic mass is 35.5. The van der Waals surface area contributed by atoms with Crippen molar-refractivity contribution in [2.75, 3.05) is 12.5 Å². The van der Waals surface area contributed by atoms with Crippen LogP contribution in [0.1, 0.15) is 35.5 Å². The van der Waals surface area contributed by atoms with Crippen LogP contribution in [0.3, 0.4) is 0 Å². The van der Waals surface area contributed by atoms with Crippen LogP contribution in [0.2, 0.25) is 0 Å². The van der Waals surface area contributed by atoms with Gasteiger partial charge in [-0.05, 0) is 25.8 Å². The number of aromatic nitrogens is 1. The average molecular weight is 350 g/mol. The van der Waals surface area contributed by atoms with Crippen molar-refractivity contribution in [3.8, 4) is 17.0 Å². The van der Waals surface area contributed by atoms with Crippen LogP contribution in [-0.2, 0) is 16.0 Å². The summed E-state index contributed by atoms with van der Waals surface area (Å²) in [6.07, 6.45) is 0.923. The predicted octanol–water partition coefficient (Wildman–Crippen LogP) is 3.87. The number of hydrogen-bond acceptors (Lipinski definition) is 4. The Bertz CT molecular complexity index is 734. The van der Waals surface area contributed by atoms with E-state index in [0.29, 0.717) is 11.4 Å². The molecule has 0 atom stereocenters. The van der Waals surface area contributed by atoms with Crippen molar-refractivity contribution < 1.29 is 19.1 Å². The van der Waals surface area contributed by atoms with Gasteiger partial charge >= 0.3 is 11.9 Å². The molecule has 0 fully saturated rings. The predicted molar refractivity (Wildman–Crippen MR) is 92.7 cm³/mol. The molecule has 0 aliphatic rings. The summed E-state index contributed by atoms with van der Waals surface area (Å²) in [6, 6.07) is 7.81. The van der Waals surface area contributed by atoms with Crippen molar-refractivity contribution in [1.82, 2.24) is 4.98 Å². The number of aryl methyl sites for hydroxylation is 2. The molecule has 1 aromatic heterocycles. The molecule has 0 spiro atoms. The summed E-state index contributed by atoms with van der Waals surface area (Å²) >= 11 is 5.54. The maximum absolute atomic E-state index is 12.2. The highest BCUT2D eigenvalue weighted by Gasteiger charge is 2.26. The van der Waals surface area contributed by atoms with Crippen LogP contribution in [0.15, 0.2) is 24.3 Å². The fourth-order valence-corrected chi connectivity index (χ4v) is 2.46. The third-order valence-electron chi connectivity index (χ3n) is 3.60. The second-order valence-corrected chi connectivity index (χ2v) is 5.48. The number of rotatable bonds is 6. The van der Waals surface area contributed by atoms with E-state index in [1.54, 1.807) is 13.8 Å². The molecular formula is C18H20ClNO4. The molecule has 0 saturated carbocycles. The van der Waals surface area contributed by atoms with E-state index in [-0.39, 0.29) is 23.8 Å². The van der Waals surface area contributed by atoms with Crippen molar-refractivity contribution in [3.05, 3.63) is 41.1 Å². The van der Waals surface area contributed by atoms with E-state index in [0.717, 1.165) is 12.0 Å². The van der Waals surface area contributed by atoms with E-state index in [9.17, 15) is 9.59 Å². The second-order valence-electron chi connectivity index (χ2n) is 5.21. The Labute approximate surface area is 145 Å². The first-order valence-electron chi connectivity index (χ1n) is 7.77. The standard InChI is InChI=1S/C18H20ClNO4/c1-4-12-6-8-13(9-7-12)16-17(24-14(21)10-19)15(11(3)20-16)18(22)23-5-2/h6-9,20H,4-5,10H2,1-3H3. The number of ether oxygens (including phenoxy) is 2. The first kappa shape index (κ1) is 18.1. The monoisotopic (exact) mass is 349 g/mol. The summed E-state index contributed by atoms with van der Waals surface area (Å²) in [5.41, 5.74) is 3.33. The van der Waals surface area contributed by atoms with E-state index < -0.39 is 11.9 Å². The van der Waals surface area contributed by atoms with Gasteiger partial charge in [-0.1, -0.05) is 31.2 Å². The molecule has 6 heteroatoms. The number of carbonyl (C=O) groups excluding carboxylic acids is 2. The largest absolute Gasteiger partial charge is 0.462 e. The molecule has 1 N–H and O–H groups in total. The first-order valence-corrected chi connectivity index (χ1v) is 8.30. The number of nitrogens with one attached hydrogen (secondary N) is 1. The molecule has 0 unspecified atom stereocenters. The minimum Gasteiger partial charge on any atom is -0.462 e. The molecule has 0 aliphatic heterocycles. The highest BCUT2D eigenvalue weighted by Crippen LogP contribution is 2.36. The summed E-state index contributed by atoms with van der Waals surface area (Å²) < 4.78 is 10.4. The lowest BCUT2D eigenvalue weighted by atomic mass is 10.1. The lowest BCUT2D eigenvalue weighted by Crippen LogP contribution is -2.13. The molecule has 0 bridgehead atoms. The molecular weight excluding hydrogens is 330 g/mol. The van der Waals surface area contributed by atoms with Crippen LogP contribution in [0, 0.1) is 6.92 Å². The number of halogens is 1. The number of esters is 2. The molecule has 1 heterocycles. The van der Waals surface area contributed by atoms with Gasteiger partial charge < -0.3 is 14.5 Å². The molecule has 0 aliphatic carbocycles. The maximum atomic E-state index is 12.2. The Kier molecular flexibility index (Phi) is 6.04. The molecule has 1 aromatic carbocycles. The van der Waals surface area contributed by atoms with Gasteiger partial charge in [0.1, 0.15) is 11.4 Å². The average Bonchev–Trinajstić information content (AvgIpc) is 2.91. The summed E-state index contributed by atoms with van der Waals surface area (Å²) in [7, 11) is 0. The summed E-state index contributed by atoms with van der Waals surface area (Å²) in [6.45, 7) is 5.75. The zero-order valence-corrected chi connectivity index (χ0v) is 14.7. The van der Waals surface area contributed by atoms with Gasteiger partial charge in [0, 0.05) is 11.3 Å². The van der Waals surface area contributed by atoms with Crippen LogP contribution in [0.25, 0.3) is 11.3 Å². The number of alkyl halides is 1. The van der Waals surface area contributed by atoms with Crippen molar-refractivity contribution in [2.45, 2.75) is 27.2 Å². The number of carbonyl (C=O) groups is 2. The molecule has 2 aromatic rings. The summed E-state index contributed by atoms with van der Waals surface area (Å²) in [4.78, 5) is 27.0. The van der Waals surface area contributed by atoms with Crippen molar-refractivity contribution in [1.29, 1.82) is 0 Å². The molecule has 0 amide bonds. The topological polar surface area (TPSA) is 68.4 Å². The fourth-order valence-electron chi connectivity index (χ4n) is 2.40. The van der Waals surface area contributed by atoms with E-state index in [1.807, 2.05) is 24.3 Å². The Morgan fingerprint density at radius 1 is 1.17 bits per heavy atom. The number of benzene rings is 1. The summed E-state index contributed by atoms with van der Waals surface area (Å²) in [5.74, 6) is -1.32. The molecule has 2 rings (SSSR count). The zero-order valence-electron chi connectivity index (χ0n) is 13.9. The Balaban J connectivity index is 2.54. The van der Waals surface area contributed by atoms with Gasteiger partial charge in [-0.25, -0.2) is 4.79 Å². The van der Waals surface area contributed by atoms with Crippen LogP contribution in [-0.4, -0.2) is 29.4 Å². The van der Waals surface area contributed by atoms with Crippen LogP contribution in [0.5, 0.6) is 5.75 Å². The number of hydrogen-bond donors (Lipinski definition) is 1. The smallest absolute Gasteiger partial charge is 0.343 e. The van der Waals surface area contributed by atoms with Gasteiger partial charge in [0.2, 0.25) is 0 Å². The molecule has 0 radical (unpaired) electrons. The SMILES string of the molecule is CCOC(=O)c1c(C)[nH]c(-c2ccc(CC)cc2)c1OC(=O)CCl. The maximum Gasteiger partial charge on any atom is 0.343 e. The van der Waals surface area contributed by atoms with Gasteiger partial charge in [-0.15, -0.1) is 11.6 Å². The fraction of sp³-hybridized carbons (Fsp3) is 0.333. The van der Waals surface area contributed by atoms with Gasteiger partial charge in [0.15, 0.2) is 5.75 Å². The first-order chi connectivity index (χ1) is 11.5. The van der Waals surface area contributed by atoms with Gasteiger partial charge in [-0.2, -0.15) is 0 Å². The van der Waals surface area contributed by atoms with Crippen LogP contribution >= 0.6 is 11.6 Å². The van der Waals surface area contributed by atoms with E-state index in [1.165, 1.54) is 5.56 Å². The molecule has 5 nitrogen and oxygen atoms in total. The van der Waals surface area contributed by atoms with Gasteiger partial charge in [0.05, 0.1) is 12.3 Å². The normalized spacial score (nSPS) is 10.5. The number of aromatic amines is 1. The van der Waals surface area contributed by atoms with Gasteiger partial charge in [0.25, 0.3) is 0 Å². The minimum absolute atomic E-state index is 0.154. The second kappa shape index (κ2) is 8.02. The quantitative estimate of drug-likeness (QED) is 0.635. The highest BCUT2D eigenvalue weighted by molar-refractivity contribution is 6.26. The number of H-pyrrole nitrogens is 1. The lowest BCUT2D eigenvalue weighted by molar-refractivity contribution is -0.131. The molecule has 0 saturated heterocycles. The van der Waals surface area contributed by atoms with Crippen molar-refractivity contribution >= 4 is 23.5 Å². The third-order valence-corrected chi connectivity index (χ3v) is 3.82. The van der Waals surface area contributed by atoms with E-state index in [4.69, 9.17) is 21.1 Å². The van der Waals surface area contributed by atoms with E-state index >= 15 is 0 Å². The molecule has 128 valence electrons. The van der Waals surface area contributed by atoms with Crippen molar-refractivity contribution in [2.24, 2.45) is 0 Å². The van der Waals surface area contributed by atoms with Crippen LogP contribution < -0.4 is 4.74 Å². The molecule has 24 heavy (non-hydrogen) atoms. The van der Waals surface area contributed by atoms with Crippen LogP contribution in [0.4, 0.5) is 0 Å². The lowest BCUT2D eigenvalue weighted by Gasteiger charge is -2.08. The zero-order chi connectivity index (χ0) is 17.7.